The second-order valence-corrected chi connectivity index (χ2v) is 9.93. The number of nitrogens with one attached hydrogen (secondary N) is 1. The summed E-state index contributed by atoms with van der Waals surface area (Å²) >= 11 is 0. The van der Waals surface area contributed by atoms with Gasteiger partial charge in [0.15, 0.2) is 0 Å². The first-order valence-corrected chi connectivity index (χ1v) is 11.4. The van der Waals surface area contributed by atoms with Gasteiger partial charge < -0.3 is 20.7 Å². The van der Waals surface area contributed by atoms with Gasteiger partial charge in [0.2, 0.25) is 5.91 Å². The number of amides is 1. The van der Waals surface area contributed by atoms with E-state index in [-0.39, 0.29) is 11.3 Å². The van der Waals surface area contributed by atoms with Crippen LogP contribution in [0.5, 0.6) is 0 Å². The molecule has 3 unspecified atom stereocenters. The molecule has 3 N–H and O–H groups in total. The molecule has 5 fully saturated rings. The number of hydrogen-bond donors (Lipinski definition) is 2. The van der Waals surface area contributed by atoms with Crippen LogP contribution in [0.4, 0.5) is 11.5 Å². The summed E-state index contributed by atoms with van der Waals surface area (Å²) in [7, 11) is 0. The van der Waals surface area contributed by atoms with Crippen LogP contribution >= 0.6 is 0 Å². The monoisotopic (exact) mass is 398 g/mol. The molecule has 4 aliphatic carbocycles. The van der Waals surface area contributed by atoms with Crippen molar-refractivity contribution in [2.45, 2.75) is 64.5 Å². The van der Waals surface area contributed by atoms with E-state index in [1.807, 2.05) is 0 Å². The number of primary amides is 1. The fraction of sp³-hybridized carbons (Fsp3) is 0.739. The number of hydrogen-bond acceptors (Lipinski definition) is 5. The molecule has 0 aromatic carbocycles. The van der Waals surface area contributed by atoms with Gasteiger partial charge in [-0.15, -0.1) is 0 Å². The van der Waals surface area contributed by atoms with Crippen molar-refractivity contribution in [2.75, 3.05) is 29.9 Å². The second-order valence-electron chi connectivity index (χ2n) is 9.93. The third-order valence-electron chi connectivity index (χ3n) is 8.11. The predicted octanol–water partition coefficient (Wildman–Crippen LogP) is 3.10. The molecule has 29 heavy (non-hydrogen) atoms. The molecule has 2 heterocycles. The van der Waals surface area contributed by atoms with Crippen LogP contribution in [-0.2, 0) is 9.53 Å². The largest absolute Gasteiger partial charge is 0.380 e. The van der Waals surface area contributed by atoms with Gasteiger partial charge in [0.25, 0.3) is 0 Å². The van der Waals surface area contributed by atoms with Crippen LogP contribution in [0.1, 0.15) is 51.1 Å². The number of nitrogens with zero attached hydrogens (tertiary/aromatic N) is 2. The highest BCUT2D eigenvalue weighted by Gasteiger charge is 2.57. The molecule has 1 aliphatic heterocycles. The summed E-state index contributed by atoms with van der Waals surface area (Å²) < 4.78 is 5.80. The number of aryl methyl sites for hydroxylation is 1. The van der Waals surface area contributed by atoms with E-state index in [9.17, 15) is 4.79 Å². The van der Waals surface area contributed by atoms with Crippen LogP contribution in [-0.4, -0.2) is 42.7 Å². The number of nitrogens with two attached hydrogens (primary N) is 1. The normalized spacial score (nSPS) is 38.3. The Hall–Kier alpha value is -1.82. The van der Waals surface area contributed by atoms with Crippen molar-refractivity contribution in [3.8, 4) is 0 Å². The Morgan fingerprint density at radius 3 is 2.72 bits per heavy atom. The number of pyridine rings is 1. The Labute approximate surface area is 173 Å². The molecule has 1 saturated heterocycles. The smallest absolute Gasteiger partial charge is 0.223 e. The Balaban J connectivity index is 1.31. The molecule has 4 bridgehead atoms. The van der Waals surface area contributed by atoms with Gasteiger partial charge in [-0.2, -0.15) is 0 Å². The number of rotatable bonds is 5. The Morgan fingerprint density at radius 2 is 2.07 bits per heavy atom. The van der Waals surface area contributed by atoms with Crippen molar-refractivity contribution in [3.63, 3.8) is 0 Å². The van der Waals surface area contributed by atoms with E-state index in [1.54, 1.807) is 0 Å². The SMILES string of the molecule is CCC1CN(c2ccc(NC3C4CC5CC3CC(C(N)=O)(C5)C4)c(C)n2)CCO1. The lowest BCUT2D eigenvalue weighted by Crippen LogP contribution is -2.59. The summed E-state index contributed by atoms with van der Waals surface area (Å²) in [5, 5.41) is 3.84. The summed E-state index contributed by atoms with van der Waals surface area (Å²) in [6.45, 7) is 6.86. The highest BCUT2D eigenvalue weighted by Crippen LogP contribution is 2.60. The zero-order valence-electron chi connectivity index (χ0n) is 17.7. The Kier molecular flexibility index (Phi) is 4.72. The summed E-state index contributed by atoms with van der Waals surface area (Å²) in [4.78, 5) is 19.4. The number of morpholine rings is 1. The molecule has 5 aliphatic rings. The molecule has 1 amide bonds. The van der Waals surface area contributed by atoms with Crippen LogP contribution < -0.4 is 16.0 Å². The standard InChI is InChI=1S/C23H34N4O2/c1-3-18-13-27(6-7-29-18)20-5-4-19(14(2)25-20)26-21-16-8-15-9-17(21)12-23(10-15,11-16)22(24)28/h4-5,15-18,21,26H,3,6-13H2,1-2H3,(H2,24,28). The zero-order chi connectivity index (χ0) is 20.2. The lowest BCUT2D eigenvalue weighted by atomic mass is 9.47. The van der Waals surface area contributed by atoms with Gasteiger partial charge in [-0.1, -0.05) is 6.92 Å². The van der Waals surface area contributed by atoms with Crippen molar-refractivity contribution < 1.29 is 9.53 Å². The van der Waals surface area contributed by atoms with Gasteiger partial charge in [-0.25, -0.2) is 4.98 Å². The maximum atomic E-state index is 12.2. The van der Waals surface area contributed by atoms with Gasteiger partial charge in [-0.05, 0) is 75.3 Å². The summed E-state index contributed by atoms with van der Waals surface area (Å²) in [6.07, 6.45) is 6.75. The first kappa shape index (κ1) is 19.2. The first-order chi connectivity index (χ1) is 14.0. The fourth-order valence-electron chi connectivity index (χ4n) is 6.79. The predicted molar refractivity (Wildman–Crippen MR) is 114 cm³/mol. The van der Waals surface area contributed by atoms with Crippen molar-refractivity contribution in [1.82, 2.24) is 4.98 Å². The Bertz CT molecular complexity index is 781. The zero-order valence-corrected chi connectivity index (χ0v) is 17.7. The molecule has 1 aromatic rings. The lowest BCUT2D eigenvalue weighted by Gasteiger charge is -2.59. The van der Waals surface area contributed by atoms with E-state index in [0.717, 1.165) is 62.6 Å². The third-order valence-corrected chi connectivity index (χ3v) is 8.11. The Morgan fingerprint density at radius 1 is 1.31 bits per heavy atom. The van der Waals surface area contributed by atoms with Crippen LogP contribution in [0.15, 0.2) is 12.1 Å². The van der Waals surface area contributed by atoms with E-state index in [0.29, 0.717) is 29.9 Å². The second kappa shape index (κ2) is 7.15. The molecular formula is C23H34N4O2. The van der Waals surface area contributed by atoms with Crippen molar-refractivity contribution in [2.24, 2.45) is 28.9 Å². The van der Waals surface area contributed by atoms with Gasteiger partial charge in [0.05, 0.1) is 24.1 Å². The van der Waals surface area contributed by atoms with Gasteiger partial charge in [-0.3, -0.25) is 4.79 Å². The molecule has 0 spiro atoms. The average Bonchev–Trinajstić information content (AvgIpc) is 2.71. The molecule has 158 valence electrons. The van der Waals surface area contributed by atoms with E-state index >= 15 is 0 Å². The molecular weight excluding hydrogens is 364 g/mol. The van der Waals surface area contributed by atoms with Crippen LogP contribution in [0, 0.1) is 30.1 Å². The quantitative estimate of drug-likeness (QED) is 0.797. The maximum Gasteiger partial charge on any atom is 0.223 e. The average molecular weight is 399 g/mol. The maximum absolute atomic E-state index is 12.2. The van der Waals surface area contributed by atoms with Gasteiger partial charge in [0.1, 0.15) is 5.82 Å². The van der Waals surface area contributed by atoms with Crippen molar-refractivity contribution in [1.29, 1.82) is 0 Å². The summed E-state index contributed by atoms with van der Waals surface area (Å²) in [5.74, 6) is 2.78. The van der Waals surface area contributed by atoms with Crippen LogP contribution in [0.3, 0.4) is 0 Å². The van der Waals surface area contributed by atoms with Crippen molar-refractivity contribution >= 4 is 17.4 Å². The van der Waals surface area contributed by atoms with E-state index in [1.165, 1.54) is 12.8 Å². The summed E-state index contributed by atoms with van der Waals surface area (Å²) in [5.41, 5.74) is 7.81. The number of carbonyl (C=O) groups is 1. The number of aromatic nitrogens is 1. The lowest BCUT2D eigenvalue weighted by molar-refractivity contribution is -0.143. The first-order valence-electron chi connectivity index (χ1n) is 11.4. The minimum Gasteiger partial charge on any atom is -0.380 e. The topological polar surface area (TPSA) is 80.5 Å². The number of ether oxygens (including phenoxy) is 1. The minimum absolute atomic E-state index is 0.0616. The van der Waals surface area contributed by atoms with E-state index in [2.05, 4.69) is 36.2 Å². The molecule has 6 heteroatoms. The molecule has 3 atom stereocenters. The van der Waals surface area contributed by atoms with Crippen molar-refractivity contribution in [3.05, 3.63) is 17.8 Å². The summed E-state index contributed by atoms with van der Waals surface area (Å²) in [6, 6.07) is 4.79. The number of anilines is 2. The highest BCUT2D eigenvalue weighted by atomic mass is 16.5. The molecule has 6 rings (SSSR count). The molecule has 4 saturated carbocycles. The fourth-order valence-corrected chi connectivity index (χ4v) is 6.79. The number of carbonyl (C=O) groups excluding carboxylic acids is 1. The van der Waals surface area contributed by atoms with Gasteiger partial charge >= 0.3 is 0 Å². The van der Waals surface area contributed by atoms with E-state index in [4.69, 9.17) is 15.5 Å². The minimum atomic E-state index is -0.224. The van der Waals surface area contributed by atoms with E-state index < -0.39 is 0 Å². The van der Waals surface area contributed by atoms with Crippen LogP contribution in [0.2, 0.25) is 0 Å². The highest BCUT2D eigenvalue weighted by molar-refractivity contribution is 5.81. The van der Waals surface area contributed by atoms with Gasteiger partial charge in [0, 0.05) is 24.5 Å². The molecule has 0 radical (unpaired) electrons. The third kappa shape index (κ3) is 3.29. The van der Waals surface area contributed by atoms with Crippen LogP contribution in [0.25, 0.3) is 0 Å². The molecule has 1 aromatic heterocycles. The molecule has 6 nitrogen and oxygen atoms in total.